The van der Waals surface area contributed by atoms with Gasteiger partial charge >= 0.3 is 0 Å². The number of allylic oxidation sites excluding steroid dienone is 3. The molecule has 0 saturated carbocycles. The molecule has 256 valence electrons. The maximum atomic E-state index is 12.1. The summed E-state index contributed by atoms with van der Waals surface area (Å²) in [7, 11) is -8.65. The lowest BCUT2D eigenvalue weighted by Gasteiger charge is -2.30. The molecule has 4 rings (SSSR count). The predicted octanol–water partition coefficient (Wildman–Crippen LogP) is 5.43. The fraction of sp³-hybridized carbons (Fsp3) is 0.457. The number of fused-ring (bicyclic) bond motifs is 2. The molecule has 10 nitrogen and oxygen atoms in total. The molecule has 3 aliphatic rings. The summed E-state index contributed by atoms with van der Waals surface area (Å²) >= 11 is 0. The van der Waals surface area contributed by atoms with Crippen LogP contribution in [0.25, 0.3) is 17.4 Å². The Morgan fingerprint density at radius 1 is 1.00 bits per heavy atom. The van der Waals surface area contributed by atoms with Crippen molar-refractivity contribution in [1.82, 2.24) is 4.58 Å². The van der Waals surface area contributed by atoms with Crippen molar-refractivity contribution < 1.29 is 30.4 Å². The number of anilines is 1. The maximum absolute atomic E-state index is 12.1. The van der Waals surface area contributed by atoms with E-state index < -0.39 is 31.4 Å². The normalized spacial score (nSPS) is 18.1. The van der Waals surface area contributed by atoms with Gasteiger partial charge in [-0.05, 0) is 106 Å². The molecule has 0 spiro atoms. The van der Waals surface area contributed by atoms with Gasteiger partial charge in [0.15, 0.2) is 0 Å². The van der Waals surface area contributed by atoms with E-state index in [4.69, 9.17) is 10.2 Å². The lowest BCUT2D eigenvalue weighted by molar-refractivity contribution is 0.479. The summed E-state index contributed by atoms with van der Waals surface area (Å²) < 4.78 is 75.3. The molecule has 1 unspecified atom stereocenters. The van der Waals surface area contributed by atoms with Gasteiger partial charge in [0.2, 0.25) is 5.36 Å². The Bertz CT molecular complexity index is 1930. The van der Waals surface area contributed by atoms with Gasteiger partial charge in [-0.25, -0.2) is 4.58 Å². The molecule has 0 saturated heterocycles. The summed E-state index contributed by atoms with van der Waals surface area (Å²) in [5, 5.41) is 1.08. The summed E-state index contributed by atoms with van der Waals surface area (Å²) in [5.41, 5.74) is 9.42. The molecule has 0 fully saturated rings. The molecule has 0 amide bonds. The van der Waals surface area contributed by atoms with E-state index in [1.807, 2.05) is 36.1 Å². The highest BCUT2D eigenvalue weighted by molar-refractivity contribution is 7.86. The molecule has 4 N–H and O–H groups in total. The Morgan fingerprint density at radius 2 is 1.70 bits per heavy atom. The van der Waals surface area contributed by atoms with Gasteiger partial charge in [0, 0.05) is 35.0 Å². The van der Waals surface area contributed by atoms with Gasteiger partial charge in [-0.1, -0.05) is 26.8 Å². The van der Waals surface area contributed by atoms with E-state index >= 15 is 0 Å². The van der Waals surface area contributed by atoms with Crippen LogP contribution >= 0.6 is 0 Å². The van der Waals surface area contributed by atoms with Crippen molar-refractivity contribution in [3.8, 4) is 11.3 Å². The van der Waals surface area contributed by atoms with Gasteiger partial charge in [0.25, 0.3) is 20.2 Å². The van der Waals surface area contributed by atoms with Crippen LogP contribution in [0.15, 0.2) is 69.6 Å². The van der Waals surface area contributed by atoms with Crippen molar-refractivity contribution in [2.75, 3.05) is 36.8 Å². The number of rotatable bonds is 12. The summed E-state index contributed by atoms with van der Waals surface area (Å²) in [4.78, 5) is 1.72. The first-order valence-electron chi connectivity index (χ1n) is 16.0. The van der Waals surface area contributed by atoms with Crippen LogP contribution in [0.4, 0.5) is 5.69 Å². The average molecular weight is 687 g/mol. The highest BCUT2D eigenvalue weighted by Crippen LogP contribution is 2.51. The van der Waals surface area contributed by atoms with E-state index in [1.54, 1.807) is 6.07 Å². The summed E-state index contributed by atoms with van der Waals surface area (Å²) in [6.45, 7) is 15.1. The Labute approximate surface area is 279 Å². The summed E-state index contributed by atoms with van der Waals surface area (Å²) in [6.07, 6.45) is 7.04. The van der Waals surface area contributed by atoms with Gasteiger partial charge in [-0.2, -0.15) is 16.8 Å². The minimum atomic E-state index is -4.47. The van der Waals surface area contributed by atoms with Crippen LogP contribution in [0, 0.1) is 0 Å². The largest absolute Gasteiger partial charge is 0.456 e. The minimum absolute atomic E-state index is 0.135. The summed E-state index contributed by atoms with van der Waals surface area (Å²) in [5.74, 6) is 1.01. The first kappa shape index (κ1) is 36.5. The van der Waals surface area contributed by atoms with Gasteiger partial charge < -0.3 is 15.1 Å². The average Bonchev–Trinajstić information content (AvgIpc) is 3.21. The van der Waals surface area contributed by atoms with Crippen LogP contribution in [-0.2, 0) is 31.1 Å². The predicted molar refractivity (Wildman–Crippen MR) is 188 cm³/mol. The van der Waals surface area contributed by atoms with Gasteiger partial charge in [0.1, 0.15) is 24.6 Å². The van der Waals surface area contributed by atoms with E-state index in [1.165, 1.54) is 12.1 Å². The molecule has 1 aliphatic carbocycles. The van der Waals surface area contributed by atoms with Crippen LogP contribution in [-0.4, -0.2) is 57.9 Å². The van der Waals surface area contributed by atoms with Crippen molar-refractivity contribution in [2.45, 2.75) is 76.5 Å². The van der Waals surface area contributed by atoms with E-state index in [9.17, 15) is 25.9 Å². The Kier molecular flexibility index (Phi) is 10.9. The zero-order chi connectivity index (χ0) is 34.8. The van der Waals surface area contributed by atoms with Gasteiger partial charge in [-0.3, -0.25) is 9.11 Å². The van der Waals surface area contributed by atoms with Crippen LogP contribution in [0.5, 0.6) is 0 Å². The minimum Gasteiger partial charge on any atom is -0.456 e. The number of nitrogens with two attached hydrogens (primary N) is 1. The van der Waals surface area contributed by atoms with Crippen molar-refractivity contribution >= 4 is 32.0 Å². The third-order valence-corrected chi connectivity index (χ3v) is 10.5. The molecule has 2 aliphatic heterocycles. The third-order valence-electron chi connectivity index (χ3n) is 8.89. The number of nitrogens with zero attached hydrogens (tertiary/aromatic N) is 2. The van der Waals surface area contributed by atoms with E-state index in [0.717, 1.165) is 41.0 Å². The van der Waals surface area contributed by atoms with E-state index in [2.05, 4.69) is 57.4 Å². The highest BCUT2D eigenvalue weighted by atomic mass is 32.2. The van der Waals surface area contributed by atoms with Crippen molar-refractivity contribution in [3.05, 3.63) is 82.6 Å². The second kappa shape index (κ2) is 14.1. The fourth-order valence-corrected chi connectivity index (χ4v) is 7.47. The molecule has 0 bridgehead atoms. The molecule has 1 atom stereocenters. The van der Waals surface area contributed by atoms with E-state index in [-0.39, 0.29) is 23.3 Å². The molecule has 0 radical (unpaired) electrons. The lowest BCUT2D eigenvalue weighted by Crippen LogP contribution is -2.30. The third kappa shape index (κ3) is 8.24. The topological polar surface area (TPSA) is 154 Å². The van der Waals surface area contributed by atoms with E-state index in [0.29, 0.717) is 36.4 Å². The fourth-order valence-electron chi connectivity index (χ4n) is 6.47. The van der Waals surface area contributed by atoms with Crippen LogP contribution in [0.3, 0.4) is 0 Å². The molecule has 47 heavy (non-hydrogen) atoms. The Hall–Kier alpha value is -3.29. The second-order valence-electron chi connectivity index (χ2n) is 13.2. The molecule has 12 heteroatoms. The van der Waals surface area contributed by atoms with Crippen molar-refractivity contribution in [3.63, 3.8) is 0 Å². The van der Waals surface area contributed by atoms with Crippen molar-refractivity contribution in [1.29, 1.82) is 0 Å². The smallest absolute Gasteiger partial charge is 0.294 e. The molecule has 0 aromatic heterocycles. The standard InChI is InChI=1S/C35H47N3O7S2/c1-7-37(8-2)25-14-16-28-29(34(3,4)5)23-26(45-32(28)22-25)12-9-13-33-35(6,18-10-19-36)30-24-27(47(42,43)44)15-17-31(30)38(33)20-11-21-46(39,40)41/h9,12-17,22-24H,7-8,10-11,18-21,36H2,1-6H3,(H-,39,40,41,42,43,44)/p+1. The highest BCUT2D eigenvalue weighted by Gasteiger charge is 2.43. The number of benzene rings is 2. The Morgan fingerprint density at radius 3 is 2.30 bits per heavy atom. The molecule has 1 aromatic carbocycles. The number of hydrogen-bond donors (Lipinski definition) is 3. The number of hydrogen-bond acceptors (Lipinski definition) is 7. The van der Waals surface area contributed by atoms with Gasteiger partial charge in [0.05, 0.1) is 16.7 Å². The Balaban J connectivity index is 1.88. The zero-order valence-electron chi connectivity index (χ0n) is 28.2. The maximum Gasteiger partial charge on any atom is 0.294 e. The first-order chi connectivity index (χ1) is 21.9. The SMILES string of the molecule is CC[N+](CC)=c1ccc2c(C(C)(C)C)cc(/C=C/C=C3/N(CCCS(=O)(=O)O)c4ccc(S(=O)(=O)O)cc4C3(C)CCCN)oc-2c1. The van der Waals surface area contributed by atoms with Crippen LogP contribution in [0.1, 0.15) is 77.7 Å². The molecule has 1 aromatic rings. The monoisotopic (exact) mass is 686 g/mol. The van der Waals surface area contributed by atoms with Crippen LogP contribution < -0.4 is 20.6 Å². The molecular formula is C35H48N3O7S2+. The lowest BCUT2D eigenvalue weighted by atomic mass is 9.77. The first-order valence-corrected chi connectivity index (χ1v) is 19.1. The molecule has 2 heterocycles. The van der Waals surface area contributed by atoms with Gasteiger partial charge in [-0.15, -0.1) is 0 Å². The van der Waals surface area contributed by atoms with Crippen molar-refractivity contribution in [2.24, 2.45) is 5.73 Å². The van der Waals surface area contributed by atoms with Crippen LogP contribution in [0.2, 0.25) is 0 Å². The molecular weight excluding hydrogens is 639 g/mol. The quantitative estimate of drug-likeness (QED) is 0.167. The second-order valence-corrected chi connectivity index (χ2v) is 16.2. The summed E-state index contributed by atoms with van der Waals surface area (Å²) in [6, 6.07) is 12.8. The zero-order valence-corrected chi connectivity index (χ0v) is 29.8.